The number of amides is 1. The molecule has 2 fully saturated rings. The first-order chi connectivity index (χ1) is 14.1. The molecule has 0 bridgehead atoms. The number of nitrogens with zero attached hydrogens (tertiary/aromatic N) is 4. The predicted molar refractivity (Wildman–Crippen MR) is 110 cm³/mol. The number of rotatable bonds is 4. The van der Waals surface area contributed by atoms with Crippen LogP contribution in [0.25, 0.3) is 22.3 Å². The predicted octanol–water partition coefficient (Wildman–Crippen LogP) is 2.52. The normalized spacial score (nSPS) is 22.0. The summed E-state index contributed by atoms with van der Waals surface area (Å²) in [6.45, 7) is 7.18. The van der Waals surface area contributed by atoms with Crippen molar-refractivity contribution in [3.63, 3.8) is 0 Å². The fourth-order valence-corrected chi connectivity index (χ4v) is 4.42. The van der Waals surface area contributed by atoms with Crippen LogP contribution in [0.4, 0.5) is 0 Å². The second-order valence-corrected chi connectivity index (χ2v) is 7.79. The quantitative estimate of drug-likeness (QED) is 0.670. The molecule has 7 heteroatoms. The van der Waals surface area contributed by atoms with Crippen LogP contribution in [-0.2, 0) is 4.79 Å². The molecule has 2 aromatic heterocycles. The van der Waals surface area contributed by atoms with Crippen molar-refractivity contribution in [2.24, 2.45) is 0 Å². The van der Waals surface area contributed by atoms with Gasteiger partial charge in [0.05, 0.1) is 5.69 Å². The van der Waals surface area contributed by atoms with E-state index in [1.807, 2.05) is 23.1 Å². The number of H-pyrrole nitrogens is 1. The van der Waals surface area contributed by atoms with Crippen molar-refractivity contribution in [2.75, 3.05) is 26.2 Å². The van der Waals surface area contributed by atoms with Crippen molar-refractivity contribution >= 4 is 16.9 Å². The number of para-hydroxylation sites is 1. The van der Waals surface area contributed by atoms with Crippen molar-refractivity contribution in [2.45, 2.75) is 18.4 Å². The number of carbonyl (C=O) groups is 1. The van der Waals surface area contributed by atoms with Crippen LogP contribution in [0.3, 0.4) is 0 Å². The van der Waals surface area contributed by atoms with Crippen molar-refractivity contribution in [1.82, 2.24) is 25.0 Å². The smallest absolute Gasteiger partial charge is 0.246 e. The van der Waals surface area contributed by atoms with Crippen molar-refractivity contribution in [3.05, 3.63) is 54.7 Å². The van der Waals surface area contributed by atoms with Crippen LogP contribution in [0.1, 0.15) is 18.0 Å². The van der Waals surface area contributed by atoms with Crippen molar-refractivity contribution in [3.8, 4) is 17.0 Å². The minimum Gasteiger partial charge on any atom is -0.507 e. The van der Waals surface area contributed by atoms with Crippen LogP contribution in [0, 0.1) is 0 Å². The molecule has 3 aromatic rings. The molecule has 2 saturated heterocycles. The molecule has 0 saturated carbocycles. The van der Waals surface area contributed by atoms with E-state index in [1.54, 1.807) is 12.1 Å². The van der Waals surface area contributed by atoms with Gasteiger partial charge in [0.15, 0.2) is 5.65 Å². The number of aromatic nitrogens is 3. The maximum absolute atomic E-state index is 12.2. The number of hydrogen-bond acceptors (Lipinski definition) is 5. The van der Waals surface area contributed by atoms with E-state index in [4.69, 9.17) is 0 Å². The standard InChI is InChI=1S/C22H23N5O2/c1-2-21(29)27-12-16(19(13-27)26-8-5-9-26)17-10-14-11-18(24-25-22(14)23-17)15-6-3-4-7-20(15)28/h2-4,6-7,10-11,16,19,28H,1,5,8-9,12-13H2,(H,23,25). The number of benzene rings is 1. The van der Waals surface area contributed by atoms with Gasteiger partial charge in [-0.1, -0.05) is 18.7 Å². The summed E-state index contributed by atoms with van der Waals surface area (Å²) in [5.41, 5.74) is 3.08. The molecule has 2 N–H and O–H groups in total. The summed E-state index contributed by atoms with van der Waals surface area (Å²) in [5.74, 6) is 0.363. The minimum absolute atomic E-state index is 0.0178. The van der Waals surface area contributed by atoms with Gasteiger partial charge in [0, 0.05) is 41.7 Å². The molecule has 0 spiro atoms. The number of phenolic OH excluding ortho intramolecular Hbond substituents is 1. The maximum Gasteiger partial charge on any atom is 0.246 e. The number of aromatic hydroxyl groups is 1. The molecule has 5 rings (SSSR count). The van der Waals surface area contributed by atoms with Gasteiger partial charge in [-0.3, -0.25) is 9.69 Å². The fraction of sp³-hybridized carbons (Fsp3) is 0.318. The van der Waals surface area contributed by atoms with Crippen LogP contribution in [-0.4, -0.2) is 68.2 Å². The van der Waals surface area contributed by atoms with Gasteiger partial charge in [-0.05, 0) is 49.9 Å². The number of nitrogens with one attached hydrogen (secondary N) is 1. The van der Waals surface area contributed by atoms with Gasteiger partial charge in [-0.2, -0.15) is 0 Å². The first kappa shape index (κ1) is 17.9. The van der Waals surface area contributed by atoms with Gasteiger partial charge in [0.1, 0.15) is 5.75 Å². The molecule has 1 aromatic carbocycles. The lowest BCUT2D eigenvalue weighted by Crippen LogP contribution is -2.48. The molecule has 0 aliphatic carbocycles. The van der Waals surface area contributed by atoms with Gasteiger partial charge in [-0.25, -0.2) is 0 Å². The Hall–Kier alpha value is -3.19. The zero-order valence-electron chi connectivity index (χ0n) is 16.1. The van der Waals surface area contributed by atoms with Crippen molar-refractivity contribution in [1.29, 1.82) is 0 Å². The molecular weight excluding hydrogens is 366 g/mol. The second-order valence-electron chi connectivity index (χ2n) is 7.79. The molecule has 4 heterocycles. The van der Waals surface area contributed by atoms with Gasteiger partial charge < -0.3 is 15.0 Å². The van der Waals surface area contributed by atoms with Crippen LogP contribution >= 0.6 is 0 Å². The Morgan fingerprint density at radius 3 is 2.76 bits per heavy atom. The summed E-state index contributed by atoms with van der Waals surface area (Å²) in [7, 11) is 0. The summed E-state index contributed by atoms with van der Waals surface area (Å²) >= 11 is 0. The maximum atomic E-state index is 12.2. The first-order valence-corrected chi connectivity index (χ1v) is 9.94. The number of phenols is 1. The minimum atomic E-state index is -0.0178. The second kappa shape index (κ2) is 7.00. The lowest BCUT2D eigenvalue weighted by atomic mass is 9.96. The highest BCUT2D eigenvalue weighted by molar-refractivity contribution is 5.87. The Labute approximate surface area is 168 Å². The Morgan fingerprint density at radius 2 is 2.03 bits per heavy atom. The Bertz CT molecular complexity index is 1090. The first-order valence-electron chi connectivity index (χ1n) is 9.94. The molecule has 2 unspecified atom stereocenters. The van der Waals surface area contributed by atoms with Crippen LogP contribution in [0.5, 0.6) is 5.75 Å². The molecule has 148 valence electrons. The topological polar surface area (TPSA) is 85.4 Å². The zero-order valence-corrected chi connectivity index (χ0v) is 16.1. The molecule has 7 nitrogen and oxygen atoms in total. The van der Waals surface area contributed by atoms with Crippen LogP contribution < -0.4 is 0 Å². The van der Waals surface area contributed by atoms with Crippen LogP contribution in [0.15, 0.2) is 49.1 Å². The summed E-state index contributed by atoms with van der Waals surface area (Å²) in [6, 6.07) is 11.5. The van der Waals surface area contributed by atoms with E-state index >= 15 is 0 Å². The third-order valence-corrected chi connectivity index (χ3v) is 6.11. The largest absolute Gasteiger partial charge is 0.507 e. The molecule has 2 aliphatic heterocycles. The Balaban J connectivity index is 1.49. The third kappa shape index (κ3) is 3.07. The lowest BCUT2D eigenvalue weighted by Gasteiger charge is -2.38. The highest BCUT2D eigenvalue weighted by atomic mass is 16.3. The molecular formula is C22H23N5O2. The van der Waals surface area contributed by atoms with Gasteiger partial charge in [-0.15, -0.1) is 10.2 Å². The van der Waals surface area contributed by atoms with Gasteiger partial charge >= 0.3 is 0 Å². The van der Waals surface area contributed by atoms with Crippen molar-refractivity contribution < 1.29 is 9.90 Å². The molecule has 29 heavy (non-hydrogen) atoms. The number of carbonyl (C=O) groups excluding carboxylic acids is 1. The number of fused-ring (bicyclic) bond motifs is 1. The highest BCUT2D eigenvalue weighted by Gasteiger charge is 2.41. The summed E-state index contributed by atoms with van der Waals surface area (Å²) in [4.78, 5) is 19.9. The molecule has 1 amide bonds. The Morgan fingerprint density at radius 1 is 1.21 bits per heavy atom. The van der Waals surface area contributed by atoms with E-state index < -0.39 is 0 Å². The van der Waals surface area contributed by atoms with Gasteiger partial charge in [0.25, 0.3) is 0 Å². The van der Waals surface area contributed by atoms with E-state index in [2.05, 4.69) is 32.7 Å². The Kier molecular flexibility index (Phi) is 4.32. The van der Waals surface area contributed by atoms with E-state index in [1.165, 1.54) is 12.5 Å². The monoisotopic (exact) mass is 389 g/mol. The highest BCUT2D eigenvalue weighted by Crippen LogP contribution is 2.35. The van der Waals surface area contributed by atoms with E-state index in [0.717, 1.165) is 36.4 Å². The number of likely N-dealkylation sites (tertiary alicyclic amines) is 2. The van der Waals surface area contributed by atoms with E-state index in [-0.39, 0.29) is 17.6 Å². The van der Waals surface area contributed by atoms with Crippen LogP contribution in [0.2, 0.25) is 0 Å². The third-order valence-electron chi connectivity index (χ3n) is 6.11. The average Bonchev–Trinajstić information content (AvgIpc) is 3.30. The molecule has 0 radical (unpaired) electrons. The fourth-order valence-electron chi connectivity index (χ4n) is 4.42. The summed E-state index contributed by atoms with van der Waals surface area (Å²) in [5, 5.41) is 19.7. The lowest BCUT2D eigenvalue weighted by molar-refractivity contribution is -0.125. The zero-order chi connectivity index (χ0) is 20.0. The van der Waals surface area contributed by atoms with Gasteiger partial charge in [0.2, 0.25) is 5.91 Å². The average molecular weight is 389 g/mol. The number of hydrogen-bond donors (Lipinski definition) is 2. The number of aromatic amines is 1. The van der Waals surface area contributed by atoms with E-state index in [9.17, 15) is 9.90 Å². The van der Waals surface area contributed by atoms with E-state index in [0.29, 0.717) is 23.8 Å². The summed E-state index contributed by atoms with van der Waals surface area (Å²) < 4.78 is 0. The SMILES string of the molecule is C=CC(=O)N1CC(c2cc3cc(-c4ccccc4O)nnc3[nH]2)C(N2CCC2)C1. The summed E-state index contributed by atoms with van der Waals surface area (Å²) in [6.07, 6.45) is 2.60. The molecule has 2 aliphatic rings. The molecule has 2 atom stereocenters.